The summed E-state index contributed by atoms with van der Waals surface area (Å²) in [5.41, 5.74) is 3.46. The van der Waals surface area contributed by atoms with E-state index in [4.69, 9.17) is 4.74 Å². The van der Waals surface area contributed by atoms with Gasteiger partial charge in [-0.2, -0.15) is 5.26 Å². The van der Waals surface area contributed by atoms with Crippen molar-refractivity contribution < 1.29 is 13.9 Å². The molecule has 2 aromatic carbocycles. The van der Waals surface area contributed by atoms with E-state index in [9.17, 15) is 14.4 Å². The summed E-state index contributed by atoms with van der Waals surface area (Å²) < 4.78 is 22.0. The first-order valence-electron chi connectivity index (χ1n) is 9.51. The van der Waals surface area contributed by atoms with Crippen molar-refractivity contribution >= 4 is 27.9 Å². The predicted octanol–water partition coefficient (Wildman–Crippen LogP) is 5.23. The number of halogens is 2. The van der Waals surface area contributed by atoms with E-state index in [1.54, 1.807) is 35.9 Å². The van der Waals surface area contributed by atoms with E-state index in [1.165, 1.54) is 12.1 Å². The number of rotatable bonds is 6. The number of hydrogen-bond donors (Lipinski definition) is 1. The Kier molecular flexibility index (Phi) is 6.93. The molecular weight excluding hydrogens is 461 g/mol. The summed E-state index contributed by atoms with van der Waals surface area (Å²) in [7, 11) is 1.59. The van der Waals surface area contributed by atoms with Gasteiger partial charge in [0.25, 0.3) is 5.91 Å². The molecule has 31 heavy (non-hydrogen) atoms. The highest BCUT2D eigenvalue weighted by Gasteiger charge is 2.15. The Hall–Kier alpha value is -3.37. The Morgan fingerprint density at radius 3 is 2.55 bits per heavy atom. The molecule has 0 aliphatic rings. The van der Waals surface area contributed by atoms with E-state index in [0.717, 1.165) is 22.7 Å². The van der Waals surface area contributed by atoms with Gasteiger partial charge in [-0.15, -0.1) is 0 Å². The summed E-state index contributed by atoms with van der Waals surface area (Å²) in [6.07, 6.45) is 1.53. The Labute approximate surface area is 188 Å². The maximum atomic E-state index is 14.5. The molecule has 0 saturated heterocycles. The van der Waals surface area contributed by atoms with E-state index in [-0.39, 0.29) is 17.9 Å². The first-order valence-corrected chi connectivity index (χ1v) is 10.3. The van der Waals surface area contributed by atoms with Gasteiger partial charge in [0.1, 0.15) is 23.2 Å². The van der Waals surface area contributed by atoms with Gasteiger partial charge in [0, 0.05) is 22.4 Å². The van der Waals surface area contributed by atoms with Crippen LogP contribution in [0, 0.1) is 31.0 Å². The molecule has 0 spiro atoms. The lowest BCUT2D eigenvalue weighted by atomic mass is 10.1. The van der Waals surface area contributed by atoms with Crippen LogP contribution in [-0.4, -0.2) is 17.6 Å². The number of nitrogens with zero attached hydrogens (tertiary/aromatic N) is 2. The molecule has 1 heterocycles. The number of aromatic nitrogens is 1. The van der Waals surface area contributed by atoms with Gasteiger partial charge in [-0.05, 0) is 67.4 Å². The average molecular weight is 482 g/mol. The largest absolute Gasteiger partial charge is 0.497 e. The molecule has 0 atom stereocenters. The quantitative estimate of drug-likeness (QED) is 0.387. The van der Waals surface area contributed by atoms with Gasteiger partial charge in [-0.1, -0.05) is 28.1 Å². The normalized spacial score (nSPS) is 11.2. The summed E-state index contributed by atoms with van der Waals surface area (Å²) >= 11 is 3.26. The number of methoxy groups -OCH3 is 1. The zero-order chi connectivity index (χ0) is 22.5. The Morgan fingerprint density at radius 2 is 1.94 bits per heavy atom. The summed E-state index contributed by atoms with van der Waals surface area (Å²) in [5, 5.41) is 12.3. The second-order valence-electron chi connectivity index (χ2n) is 6.96. The molecule has 158 valence electrons. The average Bonchev–Trinajstić information content (AvgIpc) is 3.03. The van der Waals surface area contributed by atoms with Crippen LogP contribution in [0.15, 0.2) is 58.6 Å². The fraction of sp³-hybridized carbons (Fsp3) is 0.167. The fourth-order valence-corrected chi connectivity index (χ4v) is 3.63. The van der Waals surface area contributed by atoms with Crippen LogP contribution in [0.5, 0.6) is 5.75 Å². The number of carbonyl (C=O) groups is 1. The third kappa shape index (κ3) is 5.04. The van der Waals surface area contributed by atoms with Gasteiger partial charge in [0.2, 0.25) is 0 Å². The van der Waals surface area contributed by atoms with Gasteiger partial charge in [-0.25, -0.2) is 4.39 Å². The van der Waals surface area contributed by atoms with Crippen molar-refractivity contribution in [1.82, 2.24) is 9.88 Å². The molecular formula is C24H21BrFN3O2. The molecule has 0 aliphatic carbocycles. The Balaban J connectivity index is 1.83. The first kappa shape index (κ1) is 22.3. The van der Waals surface area contributed by atoms with Crippen molar-refractivity contribution in [2.24, 2.45) is 0 Å². The highest BCUT2D eigenvalue weighted by Crippen LogP contribution is 2.26. The molecule has 0 aliphatic heterocycles. The molecule has 0 radical (unpaired) electrons. The maximum Gasteiger partial charge on any atom is 0.262 e. The summed E-state index contributed by atoms with van der Waals surface area (Å²) in [4.78, 5) is 12.5. The smallest absolute Gasteiger partial charge is 0.262 e. The number of nitrogens with one attached hydrogen (secondary N) is 1. The van der Waals surface area contributed by atoms with Crippen LogP contribution in [0.4, 0.5) is 4.39 Å². The van der Waals surface area contributed by atoms with Crippen molar-refractivity contribution in [3.05, 3.63) is 86.9 Å². The monoisotopic (exact) mass is 481 g/mol. The van der Waals surface area contributed by atoms with Crippen molar-refractivity contribution in [3.63, 3.8) is 0 Å². The molecule has 1 N–H and O–H groups in total. The lowest BCUT2D eigenvalue weighted by Gasteiger charge is -2.11. The third-order valence-corrected chi connectivity index (χ3v) is 5.39. The molecule has 7 heteroatoms. The number of benzene rings is 2. The number of carbonyl (C=O) groups excluding carboxylic acids is 1. The van der Waals surface area contributed by atoms with Crippen LogP contribution in [0.25, 0.3) is 11.8 Å². The summed E-state index contributed by atoms with van der Waals surface area (Å²) in [5.74, 6) is -0.118. The number of amides is 1. The molecule has 3 aromatic rings. The van der Waals surface area contributed by atoms with Gasteiger partial charge < -0.3 is 14.6 Å². The van der Waals surface area contributed by atoms with E-state index >= 15 is 0 Å². The van der Waals surface area contributed by atoms with Gasteiger partial charge >= 0.3 is 0 Å². The number of ether oxygens (including phenoxy) is 1. The minimum absolute atomic E-state index is 0.0231. The molecule has 5 nitrogen and oxygen atoms in total. The van der Waals surface area contributed by atoms with Gasteiger partial charge in [0.15, 0.2) is 0 Å². The third-order valence-electron chi connectivity index (χ3n) is 4.90. The predicted molar refractivity (Wildman–Crippen MR) is 121 cm³/mol. The Bertz CT molecular complexity index is 1190. The van der Waals surface area contributed by atoms with Crippen LogP contribution < -0.4 is 10.1 Å². The molecule has 0 saturated carbocycles. The van der Waals surface area contributed by atoms with Crippen molar-refractivity contribution in [2.45, 2.75) is 20.4 Å². The fourth-order valence-electron chi connectivity index (χ4n) is 3.29. The summed E-state index contributed by atoms with van der Waals surface area (Å²) in [6.45, 7) is 3.96. The zero-order valence-corrected chi connectivity index (χ0v) is 19.0. The molecule has 0 fully saturated rings. The van der Waals surface area contributed by atoms with Crippen molar-refractivity contribution in [2.75, 3.05) is 7.11 Å². The lowest BCUT2D eigenvalue weighted by molar-refractivity contribution is -0.117. The van der Waals surface area contributed by atoms with Crippen LogP contribution in [0.2, 0.25) is 0 Å². The van der Waals surface area contributed by atoms with E-state index in [1.807, 2.05) is 38.1 Å². The molecule has 0 unspecified atom stereocenters. The van der Waals surface area contributed by atoms with E-state index in [2.05, 4.69) is 21.2 Å². The number of hydrogen-bond acceptors (Lipinski definition) is 3. The van der Waals surface area contributed by atoms with Crippen molar-refractivity contribution in [1.29, 1.82) is 5.26 Å². The van der Waals surface area contributed by atoms with Crippen LogP contribution in [0.3, 0.4) is 0 Å². The van der Waals surface area contributed by atoms with E-state index in [0.29, 0.717) is 15.7 Å². The van der Waals surface area contributed by atoms with Crippen LogP contribution in [-0.2, 0) is 11.3 Å². The highest BCUT2D eigenvalue weighted by atomic mass is 79.9. The van der Waals surface area contributed by atoms with Gasteiger partial charge in [-0.3, -0.25) is 4.79 Å². The molecule has 3 rings (SSSR count). The second-order valence-corrected chi connectivity index (χ2v) is 7.87. The second kappa shape index (κ2) is 9.63. The minimum atomic E-state index is -0.474. The topological polar surface area (TPSA) is 67.0 Å². The SMILES string of the molecule is COc1ccc(CNC(=O)C(C#N)=Cc2cc(C)n(-c3ccc(Br)cc3F)c2C)cc1. The standard InChI is InChI=1S/C24H21BrFN3O2/c1-15-10-18(16(2)29(15)23-9-6-20(25)12-22(23)26)11-19(13-27)24(30)28-14-17-4-7-21(31-3)8-5-17/h4-12H,14H2,1-3H3,(H,28,30). The van der Waals surface area contributed by atoms with Crippen molar-refractivity contribution in [3.8, 4) is 17.5 Å². The first-order chi connectivity index (χ1) is 14.8. The lowest BCUT2D eigenvalue weighted by Crippen LogP contribution is -2.23. The number of aryl methyl sites for hydroxylation is 1. The van der Waals surface area contributed by atoms with Crippen LogP contribution in [0.1, 0.15) is 22.5 Å². The maximum absolute atomic E-state index is 14.5. The van der Waals surface area contributed by atoms with Gasteiger partial charge in [0.05, 0.1) is 12.8 Å². The number of nitriles is 1. The molecule has 0 bridgehead atoms. The molecule has 1 aromatic heterocycles. The Morgan fingerprint density at radius 1 is 1.23 bits per heavy atom. The minimum Gasteiger partial charge on any atom is -0.497 e. The van der Waals surface area contributed by atoms with Crippen LogP contribution >= 0.6 is 15.9 Å². The summed E-state index contributed by atoms with van der Waals surface area (Å²) in [6, 6.07) is 15.9. The van der Waals surface area contributed by atoms with E-state index < -0.39 is 5.91 Å². The molecule has 1 amide bonds. The zero-order valence-electron chi connectivity index (χ0n) is 17.4. The highest BCUT2D eigenvalue weighted by molar-refractivity contribution is 9.10.